The van der Waals surface area contributed by atoms with E-state index in [9.17, 15) is 14.4 Å². The Morgan fingerprint density at radius 3 is 2.11 bits per heavy atom. The molecular formula is C28H45N3O4. The van der Waals surface area contributed by atoms with Gasteiger partial charge < -0.3 is 20.3 Å². The van der Waals surface area contributed by atoms with Gasteiger partial charge in [0.1, 0.15) is 17.7 Å². The molecule has 0 spiro atoms. The number of ether oxygens (including phenoxy) is 1. The van der Waals surface area contributed by atoms with Gasteiger partial charge in [0.2, 0.25) is 11.8 Å². The van der Waals surface area contributed by atoms with Crippen LogP contribution in [0.4, 0.5) is 4.79 Å². The van der Waals surface area contributed by atoms with Crippen LogP contribution in [0.25, 0.3) is 6.08 Å². The second kappa shape index (κ2) is 12.2. The van der Waals surface area contributed by atoms with Crippen molar-refractivity contribution in [3.05, 3.63) is 42.0 Å². The molecule has 35 heavy (non-hydrogen) atoms. The highest BCUT2D eigenvalue weighted by atomic mass is 16.6. The number of rotatable bonds is 9. The van der Waals surface area contributed by atoms with Gasteiger partial charge in [0.25, 0.3) is 0 Å². The Balaban J connectivity index is 3.64. The predicted molar refractivity (Wildman–Crippen MR) is 142 cm³/mol. The first-order chi connectivity index (χ1) is 16.0. The highest BCUT2D eigenvalue weighted by Crippen LogP contribution is 2.32. The van der Waals surface area contributed by atoms with Crippen molar-refractivity contribution in [2.75, 3.05) is 0 Å². The quantitative estimate of drug-likeness (QED) is 0.484. The van der Waals surface area contributed by atoms with Crippen LogP contribution in [0.1, 0.15) is 92.8 Å². The normalized spacial score (nSPS) is 14.5. The smallest absolute Gasteiger partial charge is 0.408 e. The molecule has 0 saturated heterocycles. The Kier molecular flexibility index (Phi) is 10.6. The topological polar surface area (TPSA) is 87.7 Å². The molecule has 0 fully saturated rings. The average Bonchev–Trinajstić information content (AvgIpc) is 2.72. The largest absolute Gasteiger partial charge is 0.444 e. The lowest BCUT2D eigenvalue weighted by atomic mass is 9.91. The van der Waals surface area contributed by atoms with E-state index in [1.807, 2.05) is 72.7 Å². The van der Waals surface area contributed by atoms with Crippen molar-refractivity contribution in [3.63, 3.8) is 0 Å². The van der Waals surface area contributed by atoms with E-state index < -0.39 is 29.3 Å². The number of benzene rings is 1. The summed E-state index contributed by atoms with van der Waals surface area (Å²) in [4.78, 5) is 42.0. The molecule has 2 N–H and O–H groups in total. The first kappa shape index (κ1) is 30.2. The summed E-state index contributed by atoms with van der Waals surface area (Å²) in [5.41, 5.74) is 0.0731. The minimum Gasteiger partial charge on any atom is -0.444 e. The van der Waals surface area contributed by atoms with Crippen molar-refractivity contribution in [1.82, 2.24) is 15.5 Å². The number of nitrogens with zero attached hydrogens (tertiary/aromatic N) is 1. The molecule has 0 bridgehead atoms. The molecule has 1 rings (SSSR count). The van der Waals surface area contributed by atoms with Crippen molar-refractivity contribution in [3.8, 4) is 0 Å². The van der Waals surface area contributed by atoms with E-state index in [-0.39, 0.29) is 23.8 Å². The molecule has 0 aliphatic carbocycles. The summed E-state index contributed by atoms with van der Waals surface area (Å²) in [5, 5.41) is 5.75. The summed E-state index contributed by atoms with van der Waals surface area (Å²) >= 11 is 0. The minimum absolute atomic E-state index is 0.116. The number of alkyl carbamates (subject to hydrolysis) is 1. The molecule has 7 nitrogen and oxygen atoms in total. The molecule has 0 aliphatic rings. The van der Waals surface area contributed by atoms with Crippen molar-refractivity contribution < 1.29 is 19.1 Å². The molecule has 0 heterocycles. The maximum atomic E-state index is 14.2. The number of hydrogen-bond acceptors (Lipinski definition) is 4. The van der Waals surface area contributed by atoms with E-state index in [2.05, 4.69) is 17.2 Å². The molecule has 0 aliphatic heterocycles. The van der Waals surface area contributed by atoms with Crippen molar-refractivity contribution in [2.24, 2.45) is 5.92 Å². The van der Waals surface area contributed by atoms with Gasteiger partial charge in [-0.1, -0.05) is 51.1 Å². The molecule has 3 unspecified atom stereocenters. The summed E-state index contributed by atoms with van der Waals surface area (Å²) in [6, 6.07) is 5.55. The lowest BCUT2D eigenvalue weighted by molar-refractivity contribution is -0.149. The molecule has 1 aromatic rings. The fourth-order valence-corrected chi connectivity index (χ4v) is 3.75. The highest BCUT2D eigenvalue weighted by Gasteiger charge is 2.43. The zero-order valence-electron chi connectivity index (χ0n) is 23.2. The number of hydrogen-bond donors (Lipinski definition) is 2. The van der Waals surface area contributed by atoms with Crippen LogP contribution in [0, 0.1) is 5.92 Å². The molecule has 0 aromatic heterocycles. The van der Waals surface area contributed by atoms with E-state index in [1.165, 1.54) is 0 Å². The van der Waals surface area contributed by atoms with E-state index in [1.54, 1.807) is 31.7 Å². The minimum atomic E-state index is -0.906. The fourth-order valence-electron chi connectivity index (χ4n) is 3.75. The van der Waals surface area contributed by atoms with Gasteiger partial charge in [-0.2, -0.15) is 0 Å². The van der Waals surface area contributed by atoms with Crippen LogP contribution in [0.2, 0.25) is 0 Å². The third-order valence-electron chi connectivity index (χ3n) is 5.51. The van der Waals surface area contributed by atoms with E-state index in [4.69, 9.17) is 4.74 Å². The van der Waals surface area contributed by atoms with Gasteiger partial charge in [0.15, 0.2) is 0 Å². The monoisotopic (exact) mass is 487 g/mol. The van der Waals surface area contributed by atoms with E-state index in [0.29, 0.717) is 12.0 Å². The summed E-state index contributed by atoms with van der Waals surface area (Å²) in [5.74, 6) is -0.816. The van der Waals surface area contributed by atoms with Gasteiger partial charge in [-0.15, -0.1) is 0 Å². The van der Waals surface area contributed by atoms with Gasteiger partial charge >= 0.3 is 6.09 Å². The second-order valence-electron chi connectivity index (χ2n) is 11.3. The Hall–Kier alpha value is -2.83. The Morgan fingerprint density at radius 2 is 1.66 bits per heavy atom. The Bertz CT molecular complexity index is 896. The van der Waals surface area contributed by atoms with Gasteiger partial charge in [0, 0.05) is 11.6 Å². The maximum Gasteiger partial charge on any atom is 0.408 e. The van der Waals surface area contributed by atoms with Gasteiger partial charge in [-0.3, -0.25) is 9.59 Å². The van der Waals surface area contributed by atoms with Gasteiger partial charge in [-0.05, 0) is 78.5 Å². The Morgan fingerprint density at radius 1 is 1.06 bits per heavy atom. The number of amides is 3. The summed E-state index contributed by atoms with van der Waals surface area (Å²) in [6.07, 6.45) is 1.69. The first-order valence-electron chi connectivity index (χ1n) is 12.4. The zero-order chi connectivity index (χ0) is 27.1. The second-order valence-corrected chi connectivity index (χ2v) is 11.3. The molecule has 0 radical (unpaired) electrons. The average molecular weight is 488 g/mol. The highest BCUT2D eigenvalue weighted by molar-refractivity contribution is 5.93. The van der Waals surface area contributed by atoms with E-state index in [0.717, 1.165) is 5.56 Å². The summed E-state index contributed by atoms with van der Waals surface area (Å²) in [7, 11) is 0. The Labute approximate surface area is 211 Å². The fraction of sp³-hybridized carbons (Fsp3) is 0.607. The van der Waals surface area contributed by atoms with Crippen LogP contribution < -0.4 is 10.6 Å². The van der Waals surface area contributed by atoms with Gasteiger partial charge in [-0.25, -0.2) is 4.79 Å². The third kappa shape index (κ3) is 9.04. The predicted octanol–water partition coefficient (Wildman–Crippen LogP) is 5.46. The third-order valence-corrected chi connectivity index (χ3v) is 5.51. The number of nitrogens with one attached hydrogen (secondary N) is 2. The molecular weight excluding hydrogens is 442 g/mol. The zero-order valence-corrected chi connectivity index (χ0v) is 23.2. The van der Waals surface area contributed by atoms with Crippen molar-refractivity contribution in [1.29, 1.82) is 0 Å². The first-order valence-corrected chi connectivity index (χ1v) is 12.4. The summed E-state index contributed by atoms with van der Waals surface area (Å²) < 4.78 is 5.44. The molecule has 7 heteroatoms. The van der Waals surface area contributed by atoms with Crippen LogP contribution in [0.15, 0.2) is 30.8 Å². The SMILES string of the molecule is C=Cc1cccc(C(C(=O)NC(C)C)N(C(=O)C(NC(=O)OC(C)(C)C)C(C)CC)C(C)(C)C)c1. The molecule has 3 atom stereocenters. The van der Waals surface area contributed by atoms with Crippen LogP contribution in [0.5, 0.6) is 0 Å². The number of carbonyl (C=O) groups is 3. The molecule has 0 saturated carbocycles. The van der Waals surface area contributed by atoms with Crippen molar-refractivity contribution in [2.45, 2.75) is 105 Å². The molecule has 1 aromatic carbocycles. The van der Waals surface area contributed by atoms with Crippen LogP contribution >= 0.6 is 0 Å². The van der Waals surface area contributed by atoms with Crippen LogP contribution in [-0.2, 0) is 14.3 Å². The van der Waals surface area contributed by atoms with Gasteiger partial charge in [0.05, 0.1) is 0 Å². The standard InChI is InChI=1S/C28H45N3O4/c1-12-19(5)22(30-26(34)35-28(9,10)11)25(33)31(27(6,7)8)23(24(32)29-18(3)4)21-16-14-15-20(13-2)17-21/h13-19,22-23H,2,12H2,1,3-11H3,(H,29,32)(H,30,34). The number of carbonyl (C=O) groups excluding carboxylic acids is 3. The van der Waals surface area contributed by atoms with Crippen LogP contribution in [0.3, 0.4) is 0 Å². The summed E-state index contributed by atoms with van der Waals surface area (Å²) in [6.45, 7) is 22.4. The molecule has 196 valence electrons. The lowest BCUT2D eigenvalue weighted by Crippen LogP contribution is -2.60. The van der Waals surface area contributed by atoms with Crippen LogP contribution in [-0.4, -0.2) is 46.0 Å². The lowest BCUT2D eigenvalue weighted by Gasteiger charge is -2.44. The van der Waals surface area contributed by atoms with Crippen molar-refractivity contribution >= 4 is 24.0 Å². The molecule has 3 amide bonds. The van der Waals surface area contributed by atoms with E-state index >= 15 is 0 Å². The maximum absolute atomic E-state index is 14.2.